The molecular weight excluding hydrogens is 134 g/mol. The van der Waals surface area contributed by atoms with Gasteiger partial charge >= 0.3 is 0 Å². The molecule has 0 atom stereocenters. The Kier molecular flexibility index (Phi) is 5.26. The Bertz CT molecular complexity index is 175. The Morgan fingerprint density at radius 1 is 1.55 bits per heavy atom. The van der Waals surface area contributed by atoms with Gasteiger partial charge in [0.15, 0.2) is 0 Å². The molecule has 0 bridgehead atoms. The van der Waals surface area contributed by atoms with Gasteiger partial charge in [0, 0.05) is 11.4 Å². The van der Waals surface area contributed by atoms with Crippen molar-refractivity contribution >= 4 is 0 Å². The van der Waals surface area contributed by atoms with Crippen LogP contribution in [0.5, 0.6) is 0 Å². The van der Waals surface area contributed by atoms with Crippen molar-refractivity contribution < 1.29 is 0 Å². The minimum absolute atomic E-state index is 0.975. The van der Waals surface area contributed by atoms with Crippen LogP contribution in [0.15, 0.2) is 36.2 Å². The second-order valence-corrected chi connectivity index (χ2v) is 2.47. The van der Waals surface area contributed by atoms with Gasteiger partial charge in [-0.25, -0.2) is 0 Å². The fourth-order valence-electron chi connectivity index (χ4n) is 0.807. The fourth-order valence-corrected chi connectivity index (χ4v) is 0.807. The van der Waals surface area contributed by atoms with Gasteiger partial charge in [-0.2, -0.15) is 0 Å². The summed E-state index contributed by atoms with van der Waals surface area (Å²) >= 11 is 0. The number of nitrogens with one attached hydrogen (secondary N) is 1. The maximum atomic E-state index is 3.77. The van der Waals surface area contributed by atoms with E-state index in [1.807, 2.05) is 26.0 Å². The molecule has 0 aliphatic heterocycles. The zero-order valence-electron chi connectivity index (χ0n) is 7.65. The Morgan fingerprint density at radius 2 is 2.18 bits per heavy atom. The largest absolute Gasteiger partial charge is 0.360 e. The summed E-state index contributed by atoms with van der Waals surface area (Å²) in [7, 11) is 0. The maximum Gasteiger partial charge on any atom is 0.0337 e. The molecule has 0 heterocycles. The summed E-state index contributed by atoms with van der Waals surface area (Å²) in [5, 5.41) is 3.16. The minimum atomic E-state index is 0.975. The predicted octanol–water partition coefficient (Wildman–Crippen LogP) is 2.98. The van der Waals surface area contributed by atoms with Gasteiger partial charge in [-0.05, 0) is 26.3 Å². The van der Waals surface area contributed by atoms with Crippen molar-refractivity contribution in [1.82, 2.24) is 5.32 Å². The van der Waals surface area contributed by atoms with Gasteiger partial charge < -0.3 is 5.32 Å². The molecule has 62 valence electrons. The van der Waals surface area contributed by atoms with Crippen molar-refractivity contribution in [2.75, 3.05) is 0 Å². The Balaban J connectivity index is 4.11. The van der Waals surface area contributed by atoms with Crippen molar-refractivity contribution in [2.45, 2.75) is 27.2 Å². The van der Waals surface area contributed by atoms with Crippen LogP contribution in [0.25, 0.3) is 0 Å². The third kappa shape index (κ3) is 5.46. The molecule has 0 saturated carbocycles. The molecule has 0 unspecified atom stereocenters. The molecule has 0 radical (unpaired) electrons. The van der Waals surface area contributed by atoms with Crippen LogP contribution in [0.1, 0.15) is 27.2 Å². The molecule has 0 aromatic heterocycles. The lowest BCUT2D eigenvalue weighted by Crippen LogP contribution is -2.07. The molecule has 1 nitrogen and oxygen atoms in total. The Hall–Kier alpha value is -0.980. The van der Waals surface area contributed by atoms with Crippen LogP contribution in [-0.4, -0.2) is 0 Å². The van der Waals surface area contributed by atoms with E-state index in [0.29, 0.717) is 0 Å². The average molecular weight is 151 g/mol. The molecule has 0 saturated heterocycles. The summed E-state index contributed by atoms with van der Waals surface area (Å²) in [4.78, 5) is 0. The lowest BCUT2D eigenvalue weighted by Gasteiger charge is -2.04. The van der Waals surface area contributed by atoms with Gasteiger partial charge in [-0.1, -0.05) is 25.7 Å². The highest BCUT2D eigenvalue weighted by atomic mass is 14.9. The fraction of sp³-hybridized carbons (Fsp3) is 0.400. The van der Waals surface area contributed by atoms with E-state index in [1.165, 1.54) is 0 Å². The minimum Gasteiger partial charge on any atom is -0.360 e. The number of hydrogen-bond donors (Lipinski definition) is 1. The molecule has 0 aliphatic rings. The Morgan fingerprint density at radius 3 is 2.55 bits per heavy atom. The zero-order valence-corrected chi connectivity index (χ0v) is 7.65. The third-order valence-electron chi connectivity index (χ3n) is 1.13. The summed E-state index contributed by atoms with van der Waals surface area (Å²) in [5.74, 6) is 0. The highest BCUT2D eigenvalue weighted by Gasteiger charge is 1.87. The van der Waals surface area contributed by atoms with Crippen molar-refractivity contribution in [1.29, 1.82) is 0 Å². The van der Waals surface area contributed by atoms with E-state index in [-0.39, 0.29) is 0 Å². The van der Waals surface area contributed by atoms with Crippen LogP contribution in [0.4, 0.5) is 0 Å². The maximum absolute atomic E-state index is 3.77. The molecule has 1 heteroatoms. The van der Waals surface area contributed by atoms with Gasteiger partial charge in [0.1, 0.15) is 0 Å². The topological polar surface area (TPSA) is 12.0 Å². The summed E-state index contributed by atoms with van der Waals surface area (Å²) in [6, 6.07) is 0. The SMILES string of the molecule is C=C(C)NC(/C=C\C)=C/CC. The summed E-state index contributed by atoms with van der Waals surface area (Å²) in [5.41, 5.74) is 2.10. The molecule has 1 N–H and O–H groups in total. The molecule has 0 aromatic rings. The van der Waals surface area contributed by atoms with E-state index < -0.39 is 0 Å². The summed E-state index contributed by atoms with van der Waals surface area (Å²) < 4.78 is 0. The molecule has 0 aromatic carbocycles. The van der Waals surface area contributed by atoms with Crippen molar-refractivity contribution in [3.05, 3.63) is 36.2 Å². The molecule has 0 amide bonds. The Labute approximate surface area is 69.5 Å². The van der Waals surface area contributed by atoms with Crippen LogP contribution >= 0.6 is 0 Å². The lowest BCUT2D eigenvalue weighted by atomic mass is 10.3. The van der Waals surface area contributed by atoms with Gasteiger partial charge in [-0.3, -0.25) is 0 Å². The van der Waals surface area contributed by atoms with E-state index in [2.05, 4.69) is 24.9 Å². The second kappa shape index (κ2) is 5.78. The summed E-state index contributed by atoms with van der Waals surface area (Å²) in [6.07, 6.45) is 7.23. The first-order valence-corrected chi connectivity index (χ1v) is 3.96. The first kappa shape index (κ1) is 10.0. The first-order chi connectivity index (χ1) is 5.20. The molecule has 0 spiro atoms. The number of allylic oxidation sites excluding steroid dienone is 4. The van der Waals surface area contributed by atoms with E-state index in [4.69, 9.17) is 0 Å². The third-order valence-corrected chi connectivity index (χ3v) is 1.13. The van der Waals surface area contributed by atoms with Crippen molar-refractivity contribution in [2.24, 2.45) is 0 Å². The van der Waals surface area contributed by atoms with Gasteiger partial charge in [0.25, 0.3) is 0 Å². The van der Waals surface area contributed by atoms with E-state index in [1.54, 1.807) is 0 Å². The highest BCUT2D eigenvalue weighted by molar-refractivity contribution is 5.19. The monoisotopic (exact) mass is 151 g/mol. The molecule has 11 heavy (non-hydrogen) atoms. The van der Waals surface area contributed by atoms with Gasteiger partial charge in [0.2, 0.25) is 0 Å². The predicted molar refractivity (Wildman–Crippen MR) is 51.1 cm³/mol. The smallest absolute Gasteiger partial charge is 0.0337 e. The van der Waals surface area contributed by atoms with E-state index in [0.717, 1.165) is 17.8 Å². The van der Waals surface area contributed by atoms with Gasteiger partial charge in [-0.15, -0.1) is 0 Å². The molecule has 0 fully saturated rings. The van der Waals surface area contributed by atoms with Gasteiger partial charge in [0.05, 0.1) is 0 Å². The van der Waals surface area contributed by atoms with Crippen LogP contribution < -0.4 is 5.32 Å². The van der Waals surface area contributed by atoms with Crippen LogP contribution in [0.3, 0.4) is 0 Å². The lowest BCUT2D eigenvalue weighted by molar-refractivity contribution is 0.990. The summed E-state index contributed by atoms with van der Waals surface area (Å²) in [6.45, 7) is 9.84. The standard InChI is InChI=1S/C10H17N/c1-5-7-10(8-6-2)11-9(3)4/h5,7-8,11H,3,6H2,1-2,4H3/b7-5-,10-8+. The van der Waals surface area contributed by atoms with E-state index >= 15 is 0 Å². The quantitative estimate of drug-likeness (QED) is 0.609. The molecule has 0 aliphatic carbocycles. The van der Waals surface area contributed by atoms with Crippen molar-refractivity contribution in [3.63, 3.8) is 0 Å². The normalized spacial score (nSPS) is 12.1. The van der Waals surface area contributed by atoms with Crippen LogP contribution in [0, 0.1) is 0 Å². The highest BCUT2D eigenvalue weighted by Crippen LogP contribution is 1.97. The molecule has 0 rings (SSSR count). The number of hydrogen-bond acceptors (Lipinski definition) is 1. The average Bonchev–Trinajstić information content (AvgIpc) is 1.87. The van der Waals surface area contributed by atoms with Crippen LogP contribution in [-0.2, 0) is 0 Å². The van der Waals surface area contributed by atoms with E-state index in [9.17, 15) is 0 Å². The number of rotatable bonds is 4. The second-order valence-electron chi connectivity index (χ2n) is 2.47. The molecular formula is C10H17N. The van der Waals surface area contributed by atoms with Crippen molar-refractivity contribution in [3.8, 4) is 0 Å². The first-order valence-electron chi connectivity index (χ1n) is 3.96. The zero-order chi connectivity index (χ0) is 8.69. The van der Waals surface area contributed by atoms with Crippen LogP contribution in [0.2, 0.25) is 0 Å².